The smallest absolute Gasteiger partial charge is 0.277 e. The van der Waals surface area contributed by atoms with Crippen LogP contribution in [0.25, 0.3) is 39.0 Å². The predicted molar refractivity (Wildman–Crippen MR) is 197 cm³/mol. The van der Waals surface area contributed by atoms with E-state index in [4.69, 9.17) is 38.0 Å². The molecule has 12 nitrogen and oxygen atoms in total. The highest BCUT2D eigenvalue weighted by Crippen LogP contribution is 2.42. The fourth-order valence-electron chi connectivity index (χ4n) is 6.71. The van der Waals surface area contributed by atoms with E-state index < -0.39 is 0 Å². The first-order valence-electron chi connectivity index (χ1n) is 16.9. The monoisotopic (exact) mass is 728 g/mol. The molecule has 0 saturated carbocycles. The number of pyridine rings is 1. The van der Waals surface area contributed by atoms with Gasteiger partial charge in [0.25, 0.3) is 5.56 Å². The fourth-order valence-corrected chi connectivity index (χ4v) is 7.37. The van der Waals surface area contributed by atoms with Crippen LogP contribution < -0.4 is 31.6 Å². The van der Waals surface area contributed by atoms with Gasteiger partial charge in [-0.3, -0.25) is 19.0 Å². The number of rotatable bonds is 12. The molecule has 7 rings (SSSR count). The zero-order chi connectivity index (χ0) is 35.6. The third-order valence-electron chi connectivity index (χ3n) is 9.49. The molecule has 0 bridgehead atoms. The van der Waals surface area contributed by atoms with Gasteiger partial charge in [0.1, 0.15) is 11.3 Å². The summed E-state index contributed by atoms with van der Waals surface area (Å²) in [5.41, 5.74) is 5.43. The van der Waals surface area contributed by atoms with E-state index in [1.54, 1.807) is 30.9 Å². The number of methoxy groups -OCH3 is 1. The Morgan fingerprint density at radius 1 is 0.843 bits per heavy atom. The number of aromatic nitrogens is 4. The van der Waals surface area contributed by atoms with Crippen molar-refractivity contribution in [1.82, 2.24) is 40.4 Å². The van der Waals surface area contributed by atoms with Crippen LogP contribution >= 0.6 is 23.2 Å². The highest BCUT2D eigenvalue weighted by molar-refractivity contribution is 6.39. The molecule has 2 atom stereocenters. The maximum Gasteiger partial charge on any atom is 0.277 e. The lowest BCUT2D eigenvalue weighted by Gasteiger charge is -2.15. The van der Waals surface area contributed by atoms with Crippen LogP contribution in [0.1, 0.15) is 37.1 Å². The van der Waals surface area contributed by atoms with Crippen molar-refractivity contribution in [3.63, 3.8) is 0 Å². The first-order chi connectivity index (χ1) is 24.7. The lowest BCUT2D eigenvalue weighted by Crippen LogP contribution is -2.36. The lowest BCUT2D eigenvalue weighted by molar-refractivity contribution is -0.120. The summed E-state index contributed by atoms with van der Waals surface area (Å²) in [4.78, 5) is 41.2. The van der Waals surface area contributed by atoms with Gasteiger partial charge < -0.3 is 26.0 Å². The summed E-state index contributed by atoms with van der Waals surface area (Å²) < 4.78 is 8.77. The minimum Gasteiger partial charge on any atom is -0.481 e. The number of halogens is 2. The van der Waals surface area contributed by atoms with E-state index in [0.717, 1.165) is 46.2 Å². The standard InChI is InChI=1S/C37H38Cl2N8O4/c1-46-31(19-41-18-24-11-14-33(49)43-24)45-47-20-22(15-30(47)37(46)50)25-5-3-6-26(34(25)38)27-7-4-8-28(35(27)39)29-12-9-21(36(44-29)51-2)16-40-17-23-10-13-32(48)42-23/h3-9,12,15,20,23-24,40-41H,10-11,13-14,16-19H2,1-2H3,(H,42,48)(H,43,49)/t23-,24-/m0/s1. The number of carbonyl (C=O) groups excluding carboxylic acids is 2. The summed E-state index contributed by atoms with van der Waals surface area (Å²) in [5, 5.41) is 18.3. The fraction of sp³-hybridized carbons (Fsp3) is 0.324. The molecule has 5 aromatic rings. The molecular formula is C37H38Cl2N8O4. The Hall–Kier alpha value is -4.75. The van der Waals surface area contributed by atoms with Crippen LogP contribution in [0.4, 0.5) is 0 Å². The van der Waals surface area contributed by atoms with Crippen LogP contribution in [0.5, 0.6) is 5.88 Å². The lowest BCUT2D eigenvalue weighted by atomic mass is 9.97. The maximum atomic E-state index is 13.4. The number of hydrogen-bond donors (Lipinski definition) is 4. The quantitative estimate of drug-likeness (QED) is 0.147. The molecule has 264 valence electrons. The van der Waals surface area contributed by atoms with Crippen LogP contribution in [-0.4, -0.2) is 63.3 Å². The summed E-state index contributed by atoms with van der Waals surface area (Å²) >= 11 is 14.2. The number of benzene rings is 2. The van der Waals surface area contributed by atoms with Gasteiger partial charge in [0.05, 0.1) is 29.4 Å². The van der Waals surface area contributed by atoms with Gasteiger partial charge in [0.2, 0.25) is 17.7 Å². The molecule has 2 saturated heterocycles. The Bertz CT molecular complexity index is 2200. The summed E-state index contributed by atoms with van der Waals surface area (Å²) in [6, 6.07) is 17.3. The number of ether oxygens (including phenoxy) is 1. The number of fused-ring (bicyclic) bond motifs is 1. The normalized spacial score (nSPS) is 17.3. The van der Waals surface area contributed by atoms with Crippen molar-refractivity contribution >= 4 is 40.5 Å². The summed E-state index contributed by atoms with van der Waals surface area (Å²) in [6.07, 6.45) is 4.51. The van der Waals surface area contributed by atoms with Gasteiger partial charge in [-0.1, -0.05) is 65.7 Å². The second-order valence-electron chi connectivity index (χ2n) is 12.9. The Balaban J connectivity index is 1.13. The van der Waals surface area contributed by atoms with Crippen molar-refractivity contribution in [3.8, 4) is 39.4 Å². The summed E-state index contributed by atoms with van der Waals surface area (Å²) in [5.74, 6) is 1.20. The van der Waals surface area contributed by atoms with E-state index >= 15 is 0 Å². The van der Waals surface area contributed by atoms with Crippen LogP contribution in [0.15, 0.2) is 65.6 Å². The molecule has 5 heterocycles. The number of nitrogens with one attached hydrogen (secondary N) is 4. The van der Waals surface area contributed by atoms with E-state index in [9.17, 15) is 14.4 Å². The highest BCUT2D eigenvalue weighted by atomic mass is 35.5. The van der Waals surface area contributed by atoms with E-state index in [0.29, 0.717) is 72.0 Å². The average Bonchev–Trinajstić information content (AvgIpc) is 3.87. The van der Waals surface area contributed by atoms with Crippen molar-refractivity contribution in [1.29, 1.82) is 0 Å². The first kappa shape index (κ1) is 34.7. The van der Waals surface area contributed by atoms with E-state index in [2.05, 4.69) is 21.3 Å². The Kier molecular flexibility index (Phi) is 10.1. The molecule has 3 aromatic heterocycles. The molecule has 14 heteroatoms. The Morgan fingerprint density at radius 2 is 1.45 bits per heavy atom. The maximum absolute atomic E-state index is 13.4. The van der Waals surface area contributed by atoms with Crippen molar-refractivity contribution in [2.75, 3.05) is 20.2 Å². The molecule has 0 spiro atoms. The Labute approximate surface area is 304 Å². The van der Waals surface area contributed by atoms with Gasteiger partial charge in [0.15, 0.2) is 0 Å². The minimum absolute atomic E-state index is 0.0624. The molecule has 4 N–H and O–H groups in total. The Morgan fingerprint density at radius 3 is 2.08 bits per heavy atom. The van der Waals surface area contributed by atoms with Crippen LogP contribution in [0, 0.1) is 0 Å². The van der Waals surface area contributed by atoms with Gasteiger partial charge in [-0.25, -0.2) is 9.50 Å². The SMILES string of the molecule is COc1nc(-c2cccc(-c3cccc(-c4cc5c(=O)n(C)c(CNC[C@@H]6CCC(=O)N6)nn5c4)c3Cl)c2Cl)ccc1CNC[C@@H]1CCC(=O)N1. The minimum atomic E-state index is -0.183. The third kappa shape index (κ3) is 7.22. The van der Waals surface area contributed by atoms with Gasteiger partial charge >= 0.3 is 0 Å². The molecular weight excluding hydrogens is 691 g/mol. The predicted octanol–water partition coefficient (Wildman–Crippen LogP) is 4.48. The van der Waals surface area contributed by atoms with E-state index in [1.807, 2.05) is 48.5 Å². The molecule has 2 aliphatic rings. The molecule has 2 aliphatic heterocycles. The molecule has 2 fully saturated rings. The van der Waals surface area contributed by atoms with Gasteiger partial charge in [0, 0.05) is 91.2 Å². The van der Waals surface area contributed by atoms with Gasteiger partial charge in [-0.05, 0) is 25.0 Å². The largest absolute Gasteiger partial charge is 0.481 e. The topological polar surface area (TPSA) is 144 Å². The molecule has 0 radical (unpaired) electrons. The third-order valence-corrected chi connectivity index (χ3v) is 10.3. The van der Waals surface area contributed by atoms with E-state index in [1.165, 1.54) is 4.57 Å². The molecule has 0 unspecified atom stereocenters. The number of hydrogen-bond acceptors (Lipinski definition) is 8. The van der Waals surface area contributed by atoms with Crippen molar-refractivity contribution in [3.05, 3.63) is 92.6 Å². The first-order valence-corrected chi connectivity index (χ1v) is 17.7. The van der Waals surface area contributed by atoms with E-state index in [-0.39, 0.29) is 29.5 Å². The highest BCUT2D eigenvalue weighted by Gasteiger charge is 2.22. The zero-order valence-corrected chi connectivity index (χ0v) is 29.8. The number of nitrogens with zero attached hydrogens (tertiary/aromatic N) is 4. The van der Waals surface area contributed by atoms with Crippen molar-refractivity contribution in [2.45, 2.75) is 50.9 Å². The molecule has 2 amide bonds. The number of amides is 2. The van der Waals surface area contributed by atoms with Gasteiger partial charge in [-0.15, -0.1) is 0 Å². The second-order valence-corrected chi connectivity index (χ2v) is 13.7. The summed E-state index contributed by atoms with van der Waals surface area (Å²) in [6.45, 7) is 2.17. The molecule has 0 aliphatic carbocycles. The van der Waals surface area contributed by atoms with Crippen LogP contribution in [0.3, 0.4) is 0 Å². The molecule has 2 aromatic carbocycles. The summed E-state index contributed by atoms with van der Waals surface area (Å²) in [7, 11) is 3.29. The zero-order valence-electron chi connectivity index (χ0n) is 28.3. The van der Waals surface area contributed by atoms with Crippen LogP contribution in [-0.2, 0) is 29.7 Å². The van der Waals surface area contributed by atoms with Crippen molar-refractivity contribution in [2.24, 2.45) is 7.05 Å². The average molecular weight is 730 g/mol. The van der Waals surface area contributed by atoms with Gasteiger partial charge in [-0.2, -0.15) is 5.10 Å². The molecule has 51 heavy (non-hydrogen) atoms. The van der Waals surface area contributed by atoms with Crippen molar-refractivity contribution < 1.29 is 14.3 Å². The number of carbonyl (C=O) groups is 2. The second kappa shape index (κ2) is 14.8. The van der Waals surface area contributed by atoms with Crippen LogP contribution in [0.2, 0.25) is 10.0 Å².